The molecule has 0 amide bonds. The van der Waals surface area contributed by atoms with Crippen LogP contribution in [0.5, 0.6) is 11.5 Å². The standard InChI is InChI=1S/C13H12ClNO2/c14-11-3-1-2-4-13(11)17-8-9-5-6-10(15)7-12(9)16/h1-7,16H,8,15H2. The summed E-state index contributed by atoms with van der Waals surface area (Å²) >= 11 is 5.95. The van der Waals surface area contributed by atoms with Crippen LogP contribution in [0.2, 0.25) is 5.02 Å². The Bertz CT molecular complexity index is 529. The third-order valence-electron chi connectivity index (χ3n) is 2.33. The minimum atomic E-state index is 0.122. The molecule has 17 heavy (non-hydrogen) atoms. The molecule has 0 aliphatic heterocycles. The summed E-state index contributed by atoms with van der Waals surface area (Å²) in [6.45, 7) is 0.246. The molecule has 0 atom stereocenters. The largest absolute Gasteiger partial charge is 0.507 e. The number of phenols is 1. The smallest absolute Gasteiger partial charge is 0.138 e. The summed E-state index contributed by atoms with van der Waals surface area (Å²) in [5.74, 6) is 0.711. The van der Waals surface area contributed by atoms with Gasteiger partial charge in [-0.05, 0) is 24.3 Å². The lowest BCUT2D eigenvalue weighted by molar-refractivity contribution is 0.299. The third-order valence-corrected chi connectivity index (χ3v) is 2.64. The normalized spacial score (nSPS) is 10.2. The van der Waals surface area contributed by atoms with E-state index in [-0.39, 0.29) is 12.4 Å². The van der Waals surface area contributed by atoms with Gasteiger partial charge in [0.15, 0.2) is 0 Å². The fraction of sp³-hybridized carbons (Fsp3) is 0.0769. The zero-order valence-corrected chi connectivity index (χ0v) is 9.82. The maximum atomic E-state index is 9.65. The summed E-state index contributed by atoms with van der Waals surface area (Å²) in [4.78, 5) is 0. The van der Waals surface area contributed by atoms with Crippen LogP contribution in [0.25, 0.3) is 0 Å². The van der Waals surface area contributed by atoms with Gasteiger partial charge in [0.2, 0.25) is 0 Å². The van der Waals surface area contributed by atoms with E-state index in [2.05, 4.69) is 0 Å². The van der Waals surface area contributed by atoms with Crippen LogP contribution in [-0.2, 0) is 6.61 Å². The number of halogens is 1. The zero-order valence-electron chi connectivity index (χ0n) is 9.06. The number of rotatable bonds is 3. The molecular weight excluding hydrogens is 238 g/mol. The second-order valence-corrected chi connectivity index (χ2v) is 4.01. The van der Waals surface area contributed by atoms with Crippen LogP contribution in [0.1, 0.15) is 5.56 Å². The van der Waals surface area contributed by atoms with Gasteiger partial charge in [-0.3, -0.25) is 0 Å². The number of anilines is 1. The lowest BCUT2D eigenvalue weighted by atomic mass is 10.2. The summed E-state index contributed by atoms with van der Waals surface area (Å²) in [5.41, 5.74) is 6.72. The molecular formula is C13H12ClNO2. The van der Waals surface area contributed by atoms with Gasteiger partial charge in [-0.2, -0.15) is 0 Å². The second kappa shape index (κ2) is 4.97. The highest BCUT2D eigenvalue weighted by Gasteiger charge is 2.04. The number of nitrogens with two attached hydrogens (primary N) is 1. The van der Waals surface area contributed by atoms with Crippen LogP contribution < -0.4 is 10.5 Å². The first kappa shape index (κ1) is 11.6. The van der Waals surface area contributed by atoms with E-state index in [1.165, 1.54) is 6.07 Å². The van der Waals surface area contributed by atoms with Crippen LogP contribution in [-0.4, -0.2) is 5.11 Å². The number of para-hydroxylation sites is 1. The molecule has 0 heterocycles. The van der Waals surface area contributed by atoms with Crippen molar-refractivity contribution < 1.29 is 9.84 Å². The van der Waals surface area contributed by atoms with E-state index in [1.54, 1.807) is 24.3 Å². The Labute approximate surface area is 104 Å². The monoisotopic (exact) mass is 249 g/mol. The van der Waals surface area contributed by atoms with E-state index in [9.17, 15) is 5.11 Å². The second-order valence-electron chi connectivity index (χ2n) is 3.61. The highest BCUT2D eigenvalue weighted by Crippen LogP contribution is 2.26. The van der Waals surface area contributed by atoms with Gasteiger partial charge in [-0.25, -0.2) is 0 Å². The fourth-order valence-electron chi connectivity index (χ4n) is 1.42. The van der Waals surface area contributed by atoms with Crippen molar-refractivity contribution in [3.05, 3.63) is 53.1 Å². The van der Waals surface area contributed by atoms with E-state index in [0.717, 1.165) is 0 Å². The molecule has 0 fully saturated rings. The quantitative estimate of drug-likeness (QED) is 0.822. The summed E-state index contributed by atoms with van der Waals surface area (Å²) in [5, 5.41) is 10.2. The Kier molecular flexibility index (Phi) is 3.40. The Hall–Kier alpha value is -1.87. The maximum absolute atomic E-state index is 9.65. The number of hydrogen-bond acceptors (Lipinski definition) is 3. The van der Waals surface area contributed by atoms with Crippen LogP contribution in [0.4, 0.5) is 5.69 Å². The van der Waals surface area contributed by atoms with E-state index >= 15 is 0 Å². The van der Waals surface area contributed by atoms with Crippen LogP contribution in [0.3, 0.4) is 0 Å². The van der Waals surface area contributed by atoms with Crippen LogP contribution in [0, 0.1) is 0 Å². The molecule has 2 aromatic carbocycles. The molecule has 2 aromatic rings. The third kappa shape index (κ3) is 2.82. The van der Waals surface area contributed by atoms with Gasteiger partial charge < -0.3 is 15.6 Å². The van der Waals surface area contributed by atoms with Crippen molar-refractivity contribution in [3.8, 4) is 11.5 Å². The Balaban J connectivity index is 2.10. The van der Waals surface area contributed by atoms with E-state index in [4.69, 9.17) is 22.1 Å². The number of phenolic OH excluding ortho intramolecular Hbond substituents is 1. The molecule has 88 valence electrons. The molecule has 0 aliphatic rings. The first-order valence-electron chi connectivity index (χ1n) is 5.11. The Morgan fingerprint density at radius 3 is 2.65 bits per heavy atom. The van der Waals surface area contributed by atoms with Crippen LogP contribution >= 0.6 is 11.6 Å². The summed E-state index contributed by atoms with van der Waals surface area (Å²) in [7, 11) is 0. The van der Waals surface area contributed by atoms with Crippen LogP contribution in [0.15, 0.2) is 42.5 Å². The number of aromatic hydroxyl groups is 1. The maximum Gasteiger partial charge on any atom is 0.138 e. The number of ether oxygens (including phenoxy) is 1. The van der Waals surface area contributed by atoms with E-state index in [0.29, 0.717) is 22.0 Å². The molecule has 0 saturated heterocycles. The Morgan fingerprint density at radius 1 is 1.18 bits per heavy atom. The van der Waals surface area contributed by atoms with E-state index in [1.807, 2.05) is 12.1 Å². The van der Waals surface area contributed by atoms with Crippen molar-refractivity contribution in [2.75, 3.05) is 5.73 Å². The van der Waals surface area contributed by atoms with Gasteiger partial charge in [0.1, 0.15) is 18.1 Å². The minimum Gasteiger partial charge on any atom is -0.507 e. The molecule has 2 rings (SSSR count). The predicted molar refractivity (Wildman–Crippen MR) is 68.3 cm³/mol. The summed E-state index contributed by atoms with van der Waals surface area (Å²) in [6, 6.07) is 12.1. The molecule has 4 heteroatoms. The first-order valence-corrected chi connectivity index (χ1v) is 5.49. The summed E-state index contributed by atoms with van der Waals surface area (Å²) in [6.07, 6.45) is 0. The first-order chi connectivity index (χ1) is 8.16. The average Bonchev–Trinajstić information content (AvgIpc) is 2.30. The van der Waals surface area contributed by atoms with Crippen molar-refractivity contribution in [3.63, 3.8) is 0 Å². The topological polar surface area (TPSA) is 55.5 Å². The SMILES string of the molecule is Nc1ccc(COc2ccccc2Cl)c(O)c1. The molecule has 0 aliphatic carbocycles. The van der Waals surface area contributed by atoms with Gasteiger partial charge in [-0.1, -0.05) is 23.7 Å². The Morgan fingerprint density at radius 2 is 1.94 bits per heavy atom. The summed E-state index contributed by atoms with van der Waals surface area (Å²) < 4.78 is 5.51. The van der Waals surface area contributed by atoms with Gasteiger partial charge in [-0.15, -0.1) is 0 Å². The van der Waals surface area contributed by atoms with E-state index < -0.39 is 0 Å². The molecule has 3 N–H and O–H groups in total. The van der Waals surface area contributed by atoms with Gasteiger partial charge in [0.25, 0.3) is 0 Å². The van der Waals surface area contributed by atoms with Crippen molar-refractivity contribution in [1.29, 1.82) is 0 Å². The highest BCUT2D eigenvalue weighted by molar-refractivity contribution is 6.32. The zero-order chi connectivity index (χ0) is 12.3. The predicted octanol–water partition coefficient (Wildman–Crippen LogP) is 3.21. The van der Waals surface area contributed by atoms with Crippen molar-refractivity contribution >= 4 is 17.3 Å². The van der Waals surface area contributed by atoms with Gasteiger partial charge in [0.05, 0.1) is 5.02 Å². The molecule has 0 spiro atoms. The minimum absolute atomic E-state index is 0.122. The lowest BCUT2D eigenvalue weighted by Gasteiger charge is -2.09. The number of hydrogen-bond donors (Lipinski definition) is 2. The van der Waals surface area contributed by atoms with Crippen molar-refractivity contribution in [2.45, 2.75) is 6.61 Å². The van der Waals surface area contributed by atoms with Gasteiger partial charge >= 0.3 is 0 Å². The molecule has 0 unspecified atom stereocenters. The molecule has 0 radical (unpaired) electrons. The van der Waals surface area contributed by atoms with Crippen molar-refractivity contribution in [1.82, 2.24) is 0 Å². The lowest BCUT2D eigenvalue weighted by Crippen LogP contribution is -1.97. The molecule has 0 aromatic heterocycles. The highest BCUT2D eigenvalue weighted by atomic mass is 35.5. The number of nitrogen functional groups attached to an aromatic ring is 1. The molecule has 0 bridgehead atoms. The fourth-order valence-corrected chi connectivity index (χ4v) is 1.61. The average molecular weight is 250 g/mol. The number of benzene rings is 2. The molecule has 3 nitrogen and oxygen atoms in total. The van der Waals surface area contributed by atoms with Crippen molar-refractivity contribution in [2.24, 2.45) is 0 Å². The van der Waals surface area contributed by atoms with Gasteiger partial charge in [0, 0.05) is 17.3 Å². The molecule has 0 saturated carbocycles.